The quantitative estimate of drug-likeness (QED) is 0.493. The number of aromatic amines is 1. The van der Waals surface area contributed by atoms with E-state index < -0.39 is 0 Å². The number of H-pyrrole nitrogens is 1. The molecule has 4 aromatic rings. The number of ether oxygens (including phenoxy) is 1. The summed E-state index contributed by atoms with van der Waals surface area (Å²) in [5.41, 5.74) is 5.65. The first-order chi connectivity index (χ1) is 15.2. The van der Waals surface area contributed by atoms with E-state index in [1.807, 2.05) is 18.3 Å². The van der Waals surface area contributed by atoms with Crippen molar-refractivity contribution in [2.45, 2.75) is 20.3 Å². The molecule has 31 heavy (non-hydrogen) atoms. The Morgan fingerprint density at radius 2 is 1.94 bits per heavy atom. The smallest absolute Gasteiger partial charge is 0.239 e. The molecule has 1 saturated heterocycles. The maximum absolute atomic E-state index is 5.53. The van der Waals surface area contributed by atoms with Gasteiger partial charge in [-0.15, -0.1) is 6.58 Å². The highest BCUT2D eigenvalue weighted by Crippen LogP contribution is 2.28. The van der Waals surface area contributed by atoms with Crippen LogP contribution in [0.2, 0.25) is 0 Å². The average Bonchev–Trinajstić information content (AvgIpc) is 3.40. The van der Waals surface area contributed by atoms with Crippen molar-refractivity contribution in [1.29, 1.82) is 0 Å². The topological polar surface area (TPSA) is 71.9 Å². The minimum Gasteiger partial charge on any atom is -0.378 e. The van der Waals surface area contributed by atoms with E-state index in [1.54, 1.807) is 0 Å². The van der Waals surface area contributed by atoms with Crippen molar-refractivity contribution in [1.82, 2.24) is 24.5 Å². The first kappa shape index (κ1) is 19.5. The lowest BCUT2D eigenvalue weighted by Gasteiger charge is -2.27. The second kappa shape index (κ2) is 8.00. The molecule has 0 spiro atoms. The van der Waals surface area contributed by atoms with E-state index in [1.165, 1.54) is 11.1 Å². The molecule has 0 aliphatic carbocycles. The van der Waals surface area contributed by atoms with Gasteiger partial charge in [-0.3, -0.25) is 4.57 Å². The van der Waals surface area contributed by atoms with Gasteiger partial charge in [0.05, 0.1) is 13.2 Å². The zero-order chi connectivity index (χ0) is 21.4. The maximum Gasteiger partial charge on any atom is 0.239 e. The largest absolute Gasteiger partial charge is 0.378 e. The Bertz CT molecular complexity index is 1250. The van der Waals surface area contributed by atoms with Crippen LogP contribution in [0, 0.1) is 13.8 Å². The lowest BCUT2D eigenvalue weighted by atomic mass is 10.1. The van der Waals surface area contributed by atoms with Crippen LogP contribution in [-0.4, -0.2) is 50.8 Å². The van der Waals surface area contributed by atoms with Crippen LogP contribution in [0.1, 0.15) is 18.2 Å². The lowest BCUT2D eigenvalue weighted by Crippen LogP contribution is -2.37. The van der Waals surface area contributed by atoms with Gasteiger partial charge in [-0.25, -0.2) is 0 Å². The molecule has 7 nitrogen and oxygen atoms in total. The first-order valence-electron chi connectivity index (χ1n) is 10.6. The third-order valence-electron chi connectivity index (χ3n) is 5.99. The molecular formula is C24H28N6O. The average molecular weight is 417 g/mol. The molecule has 3 aromatic heterocycles. The molecule has 5 rings (SSSR count). The summed E-state index contributed by atoms with van der Waals surface area (Å²) in [5, 5.41) is 1.10. The van der Waals surface area contributed by atoms with Gasteiger partial charge in [-0.05, 0) is 43.5 Å². The van der Waals surface area contributed by atoms with Gasteiger partial charge in [0.15, 0.2) is 5.82 Å². The van der Waals surface area contributed by atoms with Gasteiger partial charge >= 0.3 is 0 Å². The molecule has 0 radical (unpaired) electrons. The Hall–Kier alpha value is -3.45. The summed E-state index contributed by atoms with van der Waals surface area (Å²) in [4.78, 5) is 20.1. The Morgan fingerprint density at radius 3 is 2.74 bits per heavy atom. The number of hydrogen-bond donors (Lipinski definition) is 1. The van der Waals surface area contributed by atoms with Gasteiger partial charge in [0.25, 0.3) is 0 Å². The zero-order valence-electron chi connectivity index (χ0n) is 17.9. The Morgan fingerprint density at radius 1 is 1.13 bits per heavy atom. The van der Waals surface area contributed by atoms with Gasteiger partial charge in [-0.2, -0.15) is 15.0 Å². The minimum atomic E-state index is 0. The standard InChI is InChI=1S/C24H26N6O.H2/c1-4-6-18-15-30(17(3)16(18)2)24-27-22(20-7-5-8-21-19(20)9-10-25-21)26-23(28-24)29-11-13-31-14-12-29;/h4-5,7-10,15,25H,1,6,11-14H2,2-3H3;1H. The van der Waals surface area contributed by atoms with E-state index >= 15 is 0 Å². The van der Waals surface area contributed by atoms with Gasteiger partial charge < -0.3 is 14.6 Å². The van der Waals surface area contributed by atoms with Crippen LogP contribution in [-0.2, 0) is 11.2 Å². The summed E-state index contributed by atoms with van der Waals surface area (Å²) in [5.74, 6) is 1.99. The highest BCUT2D eigenvalue weighted by atomic mass is 16.5. The van der Waals surface area contributed by atoms with E-state index in [9.17, 15) is 0 Å². The fraction of sp³-hybridized carbons (Fsp3) is 0.292. The van der Waals surface area contributed by atoms with E-state index in [0.29, 0.717) is 30.9 Å². The SMILES string of the molecule is C=CCc1cn(-c2nc(-c3cccc4[nH]ccc34)nc(N3CCOCC3)n2)c(C)c1C.[HH]. The van der Waals surface area contributed by atoms with E-state index in [-0.39, 0.29) is 1.43 Å². The van der Waals surface area contributed by atoms with Crippen molar-refractivity contribution in [3.63, 3.8) is 0 Å². The zero-order valence-corrected chi connectivity index (χ0v) is 17.9. The van der Waals surface area contributed by atoms with Crippen LogP contribution in [0.4, 0.5) is 5.95 Å². The molecule has 1 N–H and O–H groups in total. The van der Waals surface area contributed by atoms with E-state index in [2.05, 4.69) is 59.3 Å². The number of aromatic nitrogens is 5. The van der Waals surface area contributed by atoms with Crippen molar-refractivity contribution in [2.24, 2.45) is 0 Å². The summed E-state index contributed by atoms with van der Waals surface area (Å²) in [6.45, 7) is 11.0. The molecule has 0 unspecified atom stereocenters. The van der Waals surface area contributed by atoms with Crippen molar-refractivity contribution in [3.05, 3.63) is 66.1 Å². The molecule has 4 heterocycles. The first-order valence-corrected chi connectivity index (χ1v) is 10.6. The second-order valence-electron chi connectivity index (χ2n) is 7.83. The van der Waals surface area contributed by atoms with Crippen LogP contribution < -0.4 is 4.90 Å². The second-order valence-corrected chi connectivity index (χ2v) is 7.83. The van der Waals surface area contributed by atoms with Crippen LogP contribution >= 0.6 is 0 Å². The van der Waals surface area contributed by atoms with Crippen LogP contribution in [0.15, 0.2) is 49.3 Å². The number of nitrogens with zero attached hydrogens (tertiary/aromatic N) is 5. The molecule has 7 heteroatoms. The molecular weight excluding hydrogens is 388 g/mol. The number of benzene rings is 1. The molecule has 1 fully saturated rings. The fourth-order valence-electron chi connectivity index (χ4n) is 4.10. The predicted molar refractivity (Wildman–Crippen MR) is 125 cm³/mol. The number of anilines is 1. The van der Waals surface area contributed by atoms with Crippen LogP contribution in [0.25, 0.3) is 28.2 Å². The number of hydrogen-bond acceptors (Lipinski definition) is 5. The normalized spacial score (nSPS) is 14.3. The predicted octanol–water partition coefficient (Wildman–Crippen LogP) is 4.24. The van der Waals surface area contributed by atoms with Gasteiger partial charge in [0.2, 0.25) is 11.9 Å². The number of allylic oxidation sites excluding steroid dienone is 1. The molecule has 1 aliphatic heterocycles. The van der Waals surface area contributed by atoms with Gasteiger partial charge in [-0.1, -0.05) is 18.2 Å². The van der Waals surface area contributed by atoms with Gasteiger partial charge in [0.1, 0.15) is 0 Å². The summed E-state index contributed by atoms with van der Waals surface area (Å²) in [7, 11) is 0. The van der Waals surface area contributed by atoms with E-state index in [0.717, 1.165) is 41.7 Å². The number of morpholine rings is 1. The minimum absolute atomic E-state index is 0. The molecule has 0 amide bonds. The van der Waals surface area contributed by atoms with Crippen molar-refractivity contribution in [3.8, 4) is 17.3 Å². The van der Waals surface area contributed by atoms with Crippen LogP contribution in [0.3, 0.4) is 0 Å². The summed E-state index contributed by atoms with van der Waals surface area (Å²) in [6, 6.07) is 8.22. The van der Waals surface area contributed by atoms with Crippen molar-refractivity contribution >= 4 is 16.9 Å². The molecule has 0 saturated carbocycles. The van der Waals surface area contributed by atoms with Crippen LogP contribution in [0.5, 0.6) is 0 Å². The monoisotopic (exact) mass is 416 g/mol. The third-order valence-corrected chi connectivity index (χ3v) is 5.99. The lowest BCUT2D eigenvalue weighted by molar-refractivity contribution is 0.122. The van der Waals surface area contributed by atoms with Crippen molar-refractivity contribution < 1.29 is 6.16 Å². The molecule has 0 bridgehead atoms. The summed E-state index contributed by atoms with van der Waals surface area (Å²) in [6.07, 6.45) is 6.80. The number of rotatable bonds is 5. The molecule has 1 aliphatic rings. The molecule has 1 aromatic carbocycles. The molecule has 160 valence electrons. The highest BCUT2D eigenvalue weighted by molar-refractivity contribution is 5.93. The third kappa shape index (κ3) is 3.51. The number of fused-ring (bicyclic) bond motifs is 1. The Labute approximate surface area is 182 Å². The summed E-state index contributed by atoms with van der Waals surface area (Å²) < 4.78 is 7.60. The molecule has 0 atom stereocenters. The fourth-order valence-corrected chi connectivity index (χ4v) is 4.10. The van der Waals surface area contributed by atoms with Crippen molar-refractivity contribution in [2.75, 3.05) is 31.2 Å². The Kier molecular flexibility index (Phi) is 5.03. The number of nitrogens with one attached hydrogen (secondary N) is 1. The van der Waals surface area contributed by atoms with Gasteiger partial charge in [0, 0.05) is 49.1 Å². The Balaban J connectivity index is 0.00000245. The highest BCUT2D eigenvalue weighted by Gasteiger charge is 2.20. The van der Waals surface area contributed by atoms with E-state index in [4.69, 9.17) is 19.7 Å². The summed E-state index contributed by atoms with van der Waals surface area (Å²) >= 11 is 0. The maximum atomic E-state index is 5.53.